The zero-order valence-corrected chi connectivity index (χ0v) is 13.0. The third kappa shape index (κ3) is 2.76. The lowest BCUT2D eigenvalue weighted by molar-refractivity contribution is 0.0606. The second-order valence-corrected chi connectivity index (χ2v) is 6.29. The normalized spacial score (nSPS) is 10.4. The van der Waals surface area contributed by atoms with Crippen LogP contribution in [0.1, 0.15) is 9.67 Å². The number of ether oxygens (including phenoxy) is 1. The molecule has 0 amide bonds. The van der Waals surface area contributed by atoms with Crippen molar-refractivity contribution in [3.63, 3.8) is 0 Å². The number of carbonyl (C=O) groups excluding carboxylic acids is 1. The van der Waals surface area contributed by atoms with Crippen LogP contribution in [0.25, 0.3) is 11.3 Å². The number of rotatable bonds is 3. The number of pyridine rings is 1. The van der Waals surface area contributed by atoms with Gasteiger partial charge < -0.3 is 4.74 Å². The van der Waals surface area contributed by atoms with Crippen LogP contribution in [-0.4, -0.2) is 24.3 Å². The summed E-state index contributed by atoms with van der Waals surface area (Å²) in [6, 6.07) is 7.55. The van der Waals surface area contributed by atoms with E-state index in [0.29, 0.717) is 4.88 Å². The number of methoxy groups -OCH3 is 1. The number of aromatic nitrogens is 1. The number of carbonyl (C=O) groups is 1. The molecule has 0 saturated carbocycles. The summed E-state index contributed by atoms with van der Waals surface area (Å²) >= 11 is 6.38. The lowest BCUT2D eigenvalue weighted by atomic mass is 10.2. The molecule has 0 radical (unpaired) electrons. The summed E-state index contributed by atoms with van der Waals surface area (Å²) in [6.07, 6.45) is 1.98. The Bertz CT molecular complexity index is 583. The first-order chi connectivity index (χ1) is 8.65. The largest absolute Gasteiger partial charge is 0.465 e. The zero-order chi connectivity index (χ0) is 13.1. The molecule has 0 aliphatic carbocycles. The summed E-state index contributed by atoms with van der Waals surface area (Å²) in [6.45, 7) is 0. The molecule has 0 unspecified atom stereocenters. The molecule has 2 heterocycles. The molecule has 0 spiro atoms. The van der Waals surface area contributed by atoms with Gasteiger partial charge in [-0.2, -0.15) is 0 Å². The van der Waals surface area contributed by atoms with Crippen molar-refractivity contribution >= 4 is 45.0 Å². The Morgan fingerprint density at radius 1 is 1.50 bits per heavy atom. The number of halogens is 1. The second-order valence-electron chi connectivity index (χ2n) is 3.35. The minimum Gasteiger partial charge on any atom is -0.465 e. The summed E-state index contributed by atoms with van der Waals surface area (Å²) in [4.78, 5) is 16.5. The van der Waals surface area contributed by atoms with Gasteiger partial charge in [-0.3, -0.25) is 0 Å². The summed E-state index contributed by atoms with van der Waals surface area (Å²) in [5, 5.41) is 0. The molecule has 0 bridgehead atoms. The van der Waals surface area contributed by atoms with Gasteiger partial charge in [-0.15, -0.1) is 23.1 Å². The smallest absolute Gasteiger partial charge is 0.348 e. The third-order valence-electron chi connectivity index (χ3n) is 2.26. The van der Waals surface area contributed by atoms with Crippen LogP contribution in [0, 0.1) is 0 Å². The Morgan fingerprint density at radius 2 is 2.28 bits per heavy atom. The summed E-state index contributed by atoms with van der Waals surface area (Å²) < 4.78 is 6.57. The van der Waals surface area contributed by atoms with Crippen LogP contribution in [0.15, 0.2) is 33.1 Å². The predicted octanol–water partition coefficient (Wildman–Crippen LogP) is 4.08. The fourth-order valence-corrected chi connectivity index (χ4v) is 3.61. The van der Waals surface area contributed by atoms with Gasteiger partial charge in [0.2, 0.25) is 0 Å². The first-order valence-electron chi connectivity index (χ1n) is 5.04. The highest BCUT2D eigenvalue weighted by Gasteiger charge is 2.16. The molecule has 18 heavy (non-hydrogen) atoms. The van der Waals surface area contributed by atoms with Crippen LogP contribution in [-0.2, 0) is 4.74 Å². The number of nitrogens with zero attached hydrogens (tertiary/aromatic N) is 1. The van der Waals surface area contributed by atoms with Gasteiger partial charge in [0.25, 0.3) is 0 Å². The quantitative estimate of drug-likeness (QED) is 0.478. The molecule has 2 aromatic rings. The minimum atomic E-state index is -0.309. The van der Waals surface area contributed by atoms with E-state index in [4.69, 9.17) is 4.74 Å². The number of esters is 1. The minimum absolute atomic E-state index is 0.309. The van der Waals surface area contributed by atoms with Crippen molar-refractivity contribution in [2.24, 2.45) is 0 Å². The van der Waals surface area contributed by atoms with Crippen molar-refractivity contribution in [1.82, 2.24) is 4.98 Å². The third-order valence-corrected chi connectivity index (χ3v) is 4.95. The van der Waals surface area contributed by atoms with E-state index in [1.165, 1.54) is 18.4 Å². The van der Waals surface area contributed by atoms with Gasteiger partial charge in [-0.25, -0.2) is 9.78 Å². The van der Waals surface area contributed by atoms with E-state index >= 15 is 0 Å². The fraction of sp³-hybridized carbons (Fsp3) is 0.167. The first-order valence-corrected chi connectivity index (χ1v) is 7.88. The highest BCUT2D eigenvalue weighted by atomic mass is 79.9. The Labute approximate surface area is 122 Å². The van der Waals surface area contributed by atoms with E-state index in [1.54, 1.807) is 11.8 Å². The average Bonchev–Trinajstić information content (AvgIpc) is 2.82. The van der Waals surface area contributed by atoms with E-state index in [0.717, 1.165) is 20.1 Å². The van der Waals surface area contributed by atoms with Crippen LogP contribution in [0.2, 0.25) is 0 Å². The Hall–Kier alpha value is -0.850. The molecule has 0 aromatic carbocycles. The topological polar surface area (TPSA) is 39.2 Å². The molecule has 2 rings (SSSR count). The molecule has 0 saturated heterocycles. The summed E-state index contributed by atoms with van der Waals surface area (Å²) in [7, 11) is 1.39. The highest BCUT2D eigenvalue weighted by molar-refractivity contribution is 9.10. The predicted molar refractivity (Wildman–Crippen MR) is 78.4 cm³/mol. The van der Waals surface area contributed by atoms with Crippen LogP contribution < -0.4 is 0 Å². The SMILES string of the molecule is COC(=O)c1cc(-c2cccc(Br)n2)c(SC)s1. The maximum atomic E-state index is 11.5. The van der Waals surface area contributed by atoms with Crippen molar-refractivity contribution < 1.29 is 9.53 Å². The molecule has 2 aromatic heterocycles. The highest BCUT2D eigenvalue weighted by Crippen LogP contribution is 2.37. The van der Waals surface area contributed by atoms with E-state index in [1.807, 2.05) is 30.5 Å². The van der Waals surface area contributed by atoms with Gasteiger partial charge in [0.15, 0.2) is 0 Å². The molecule has 3 nitrogen and oxygen atoms in total. The zero-order valence-electron chi connectivity index (χ0n) is 9.77. The van der Waals surface area contributed by atoms with Crippen molar-refractivity contribution in [2.75, 3.05) is 13.4 Å². The Morgan fingerprint density at radius 3 is 2.89 bits per heavy atom. The van der Waals surface area contributed by atoms with Gasteiger partial charge in [0.1, 0.15) is 9.48 Å². The van der Waals surface area contributed by atoms with Gasteiger partial charge in [-0.05, 0) is 40.4 Å². The lowest BCUT2D eigenvalue weighted by Crippen LogP contribution is -1.96. The van der Waals surface area contributed by atoms with E-state index < -0.39 is 0 Å². The van der Waals surface area contributed by atoms with Crippen molar-refractivity contribution in [3.8, 4) is 11.3 Å². The maximum Gasteiger partial charge on any atom is 0.348 e. The monoisotopic (exact) mass is 343 g/mol. The van der Waals surface area contributed by atoms with Crippen molar-refractivity contribution in [1.29, 1.82) is 0 Å². The summed E-state index contributed by atoms with van der Waals surface area (Å²) in [5.41, 5.74) is 1.81. The summed E-state index contributed by atoms with van der Waals surface area (Å²) in [5.74, 6) is -0.309. The average molecular weight is 344 g/mol. The maximum absolute atomic E-state index is 11.5. The van der Waals surface area contributed by atoms with Gasteiger partial charge in [0.05, 0.1) is 17.0 Å². The van der Waals surface area contributed by atoms with Gasteiger partial charge >= 0.3 is 5.97 Å². The first kappa shape index (κ1) is 13.6. The van der Waals surface area contributed by atoms with E-state index in [-0.39, 0.29) is 5.97 Å². The van der Waals surface area contributed by atoms with Crippen molar-refractivity contribution in [3.05, 3.63) is 33.7 Å². The molecular formula is C12H10BrNO2S2. The van der Waals surface area contributed by atoms with E-state index in [9.17, 15) is 4.79 Å². The Kier molecular flexibility index (Phi) is 4.42. The van der Waals surface area contributed by atoms with Gasteiger partial charge in [-0.1, -0.05) is 6.07 Å². The molecular weight excluding hydrogens is 334 g/mol. The molecule has 0 atom stereocenters. The molecule has 0 aliphatic heterocycles. The molecule has 6 heteroatoms. The number of hydrogen-bond acceptors (Lipinski definition) is 5. The van der Waals surface area contributed by atoms with Gasteiger partial charge in [0, 0.05) is 5.56 Å². The molecule has 0 N–H and O–H groups in total. The van der Waals surface area contributed by atoms with Crippen LogP contribution >= 0.6 is 39.0 Å². The molecule has 0 aliphatic rings. The molecule has 94 valence electrons. The number of thiophene rings is 1. The standard InChI is InChI=1S/C12H10BrNO2S2/c1-16-11(15)9-6-7(12(17-2)18-9)8-4-3-5-10(13)14-8/h3-6H,1-2H3. The van der Waals surface area contributed by atoms with Crippen LogP contribution in [0.5, 0.6) is 0 Å². The van der Waals surface area contributed by atoms with Crippen LogP contribution in [0.3, 0.4) is 0 Å². The Balaban J connectivity index is 2.50. The fourth-order valence-electron chi connectivity index (χ4n) is 1.46. The second kappa shape index (κ2) is 5.86. The lowest BCUT2D eigenvalue weighted by Gasteiger charge is -2.00. The van der Waals surface area contributed by atoms with Crippen molar-refractivity contribution in [2.45, 2.75) is 4.21 Å². The number of thioether (sulfide) groups is 1. The van der Waals surface area contributed by atoms with E-state index in [2.05, 4.69) is 20.9 Å². The van der Waals surface area contributed by atoms with Crippen LogP contribution in [0.4, 0.5) is 0 Å². The number of hydrogen-bond donors (Lipinski definition) is 0. The molecule has 0 fully saturated rings.